The van der Waals surface area contributed by atoms with Crippen molar-refractivity contribution in [1.29, 1.82) is 0 Å². The summed E-state index contributed by atoms with van der Waals surface area (Å²) in [5, 5.41) is 12.1. The minimum Gasteiger partial charge on any atom is -0.487 e. The largest absolute Gasteiger partial charge is 0.487 e. The van der Waals surface area contributed by atoms with Crippen molar-refractivity contribution >= 4 is 28.3 Å². The van der Waals surface area contributed by atoms with Gasteiger partial charge in [-0.25, -0.2) is 14.8 Å². The summed E-state index contributed by atoms with van der Waals surface area (Å²) < 4.78 is 55.1. The molecule has 1 N–H and O–H groups in total. The first kappa shape index (κ1) is 26.7. The standard InChI is InChI=1S/C28H27F3N4O4S/c1-16-32-20(15-40-16)14-39-25-10-19-11-34(6-4-17(19)8-22(25)28(29,30)31)13-26-33-23-3-2-18(27(36)37)9-24(23)35(26)12-21-5-7-38-21/h2-3,8-10,15,21H,4-7,11-14H2,1H3,(H,36,37)/t21-/m0/s1. The predicted octanol–water partition coefficient (Wildman–Crippen LogP) is 5.44. The van der Waals surface area contributed by atoms with Crippen LogP contribution in [0.2, 0.25) is 0 Å². The van der Waals surface area contributed by atoms with Crippen LogP contribution in [0.5, 0.6) is 5.75 Å². The molecule has 0 spiro atoms. The van der Waals surface area contributed by atoms with Crippen molar-refractivity contribution in [1.82, 2.24) is 19.4 Å². The van der Waals surface area contributed by atoms with Crippen molar-refractivity contribution in [3.63, 3.8) is 0 Å². The highest BCUT2D eigenvalue weighted by molar-refractivity contribution is 7.09. The summed E-state index contributed by atoms with van der Waals surface area (Å²) >= 11 is 1.42. The zero-order valence-corrected chi connectivity index (χ0v) is 22.5. The molecular formula is C28H27F3N4O4S. The second-order valence-corrected chi connectivity index (χ2v) is 11.2. The van der Waals surface area contributed by atoms with Crippen LogP contribution in [0, 0.1) is 6.92 Å². The molecule has 8 nitrogen and oxygen atoms in total. The second-order valence-electron chi connectivity index (χ2n) is 10.2. The molecule has 0 amide bonds. The molecule has 2 aliphatic rings. The number of imidazole rings is 1. The van der Waals surface area contributed by atoms with Gasteiger partial charge in [0.2, 0.25) is 0 Å². The summed E-state index contributed by atoms with van der Waals surface area (Å²) in [5.41, 5.74) is 2.86. The maximum absolute atomic E-state index is 13.9. The lowest BCUT2D eigenvalue weighted by atomic mass is 9.96. The first-order chi connectivity index (χ1) is 19.1. The van der Waals surface area contributed by atoms with Gasteiger partial charge < -0.3 is 19.1 Å². The van der Waals surface area contributed by atoms with Crippen molar-refractivity contribution in [3.05, 3.63) is 74.5 Å². The van der Waals surface area contributed by atoms with Gasteiger partial charge in [-0.3, -0.25) is 4.90 Å². The topological polar surface area (TPSA) is 89.7 Å². The Kier molecular flexibility index (Phi) is 7.01. The number of hydrogen-bond donors (Lipinski definition) is 1. The van der Waals surface area contributed by atoms with Gasteiger partial charge in [0.1, 0.15) is 18.2 Å². The van der Waals surface area contributed by atoms with Crippen LogP contribution in [0.4, 0.5) is 13.2 Å². The summed E-state index contributed by atoms with van der Waals surface area (Å²) in [6, 6.07) is 7.59. The average Bonchev–Trinajstić information content (AvgIpc) is 3.45. The van der Waals surface area contributed by atoms with E-state index in [-0.39, 0.29) is 24.0 Å². The number of alkyl halides is 3. The Bertz CT molecular complexity index is 1580. The molecule has 4 heterocycles. The van der Waals surface area contributed by atoms with Crippen LogP contribution >= 0.6 is 11.3 Å². The molecule has 12 heteroatoms. The molecule has 2 aromatic heterocycles. The maximum Gasteiger partial charge on any atom is 0.419 e. The molecule has 210 valence electrons. The number of halogens is 3. The van der Waals surface area contributed by atoms with Gasteiger partial charge in [-0.2, -0.15) is 13.2 Å². The lowest BCUT2D eigenvalue weighted by Crippen LogP contribution is -2.34. The Balaban J connectivity index is 1.27. The summed E-state index contributed by atoms with van der Waals surface area (Å²) in [4.78, 5) is 22.8. The van der Waals surface area contributed by atoms with E-state index in [9.17, 15) is 23.1 Å². The van der Waals surface area contributed by atoms with Gasteiger partial charge >= 0.3 is 12.1 Å². The Morgan fingerprint density at radius 2 is 2.05 bits per heavy atom. The number of carboxylic acid groups (broad SMARTS) is 1. The predicted molar refractivity (Wildman–Crippen MR) is 141 cm³/mol. The zero-order chi connectivity index (χ0) is 28.0. The van der Waals surface area contributed by atoms with E-state index in [1.54, 1.807) is 17.5 Å². The molecule has 1 saturated heterocycles. The number of rotatable bonds is 8. The molecule has 0 unspecified atom stereocenters. The Morgan fingerprint density at radius 3 is 2.73 bits per heavy atom. The van der Waals surface area contributed by atoms with Crippen molar-refractivity contribution < 1.29 is 32.5 Å². The lowest BCUT2D eigenvalue weighted by molar-refractivity contribution is -0.139. The smallest absolute Gasteiger partial charge is 0.419 e. The molecule has 2 aromatic carbocycles. The van der Waals surface area contributed by atoms with E-state index in [0.717, 1.165) is 28.3 Å². The van der Waals surface area contributed by atoms with E-state index in [1.165, 1.54) is 29.5 Å². The zero-order valence-electron chi connectivity index (χ0n) is 21.7. The fourth-order valence-corrected chi connectivity index (χ4v) is 5.81. The van der Waals surface area contributed by atoms with Gasteiger partial charge in [0, 0.05) is 25.1 Å². The minimum absolute atomic E-state index is 0.0358. The van der Waals surface area contributed by atoms with E-state index < -0.39 is 17.7 Å². The van der Waals surface area contributed by atoms with Gasteiger partial charge in [0.25, 0.3) is 0 Å². The maximum atomic E-state index is 13.9. The SMILES string of the molecule is Cc1nc(COc2cc3c(cc2C(F)(F)F)CCN(Cc2nc4ccc(C(=O)O)cc4n2C[C@@H]2CCO2)C3)cs1. The highest BCUT2D eigenvalue weighted by Crippen LogP contribution is 2.40. The van der Waals surface area contributed by atoms with Crippen molar-refractivity contribution in [2.45, 2.75) is 58.3 Å². The Morgan fingerprint density at radius 1 is 1.23 bits per heavy atom. The van der Waals surface area contributed by atoms with E-state index in [0.29, 0.717) is 56.0 Å². The Labute approximate surface area is 232 Å². The number of thiazole rings is 1. The number of hydrogen-bond acceptors (Lipinski definition) is 7. The molecule has 0 bridgehead atoms. The molecule has 40 heavy (non-hydrogen) atoms. The summed E-state index contributed by atoms with van der Waals surface area (Å²) in [6.07, 6.45) is -3.13. The van der Waals surface area contributed by atoms with Gasteiger partial charge in [-0.05, 0) is 61.2 Å². The number of aromatic nitrogens is 3. The number of ether oxygens (including phenoxy) is 2. The van der Waals surface area contributed by atoms with Gasteiger partial charge in [-0.15, -0.1) is 11.3 Å². The van der Waals surface area contributed by atoms with Gasteiger partial charge in [0.15, 0.2) is 0 Å². The van der Waals surface area contributed by atoms with Crippen LogP contribution in [0.25, 0.3) is 11.0 Å². The number of benzene rings is 2. The van der Waals surface area contributed by atoms with E-state index in [2.05, 4.69) is 9.88 Å². The molecule has 1 fully saturated rings. The van der Waals surface area contributed by atoms with Crippen LogP contribution in [0.1, 0.15) is 50.0 Å². The molecule has 1 atom stereocenters. The van der Waals surface area contributed by atoms with Crippen molar-refractivity contribution in [2.75, 3.05) is 13.2 Å². The van der Waals surface area contributed by atoms with Crippen LogP contribution in [-0.2, 0) is 43.6 Å². The molecule has 6 rings (SSSR count). The third-order valence-corrected chi connectivity index (χ3v) is 8.18. The lowest BCUT2D eigenvalue weighted by Gasteiger charge is -2.31. The molecule has 0 aliphatic carbocycles. The third-order valence-electron chi connectivity index (χ3n) is 7.36. The van der Waals surface area contributed by atoms with Crippen LogP contribution in [0.15, 0.2) is 35.7 Å². The van der Waals surface area contributed by atoms with E-state index in [1.807, 2.05) is 11.5 Å². The fraction of sp³-hybridized carbons (Fsp3) is 0.393. The fourth-order valence-electron chi connectivity index (χ4n) is 5.21. The van der Waals surface area contributed by atoms with Crippen LogP contribution in [0.3, 0.4) is 0 Å². The highest BCUT2D eigenvalue weighted by atomic mass is 32.1. The number of fused-ring (bicyclic) bond motifs is 2. The normalized spacial score (nSPS) is 17.6. The summed E-state index contributed by atoms with van der Waals surface area (Å²) in [6.45, 7) is 4.50. The minimum atomic E-state index is -4.54. The highest BCUT2D eigenvalue weighted by Gasteiger charge is 2.36. The van der Waals surface area contributed by atoms with Gasteiger partial charge in [-0.1, -0.05) is 0 Å². The average molecular weight is 573 g/mol. The number of aryl methyl sites for hydroxylation is 1. The molecule has 4 aromatic rings. The quantitative estimate of drug-likeness (QED) is 0.301. The second kappa shape index (κ2) is 10.5. The first-order valence-corrected chi connectivity index (χ1v) is 13.9. The molecular weight excluding hydrogens is 545 g/mol. The number of carboxylic acids is 1. The Hall–Kier alpha value is -3.48. The monoisotopic (exact) mass is 572 g/mol. The summed E-state index contributed by atoms with van der Waals surface area (Å²) in [5.74, 6) is -0.446. The third kappa shape index (κ3) is 5.43. The number of aromatic carboxylic acids is 1. The van der Waals surface area contributed by atoms with Crippen molar-refractivity contribution in [3.8, 4) is 5.75 Å². The number of nitrogens with zero attached hydrogens (tertiary/aromatic N) is 4. The van der Waals surface area contributed by atoms with Gasteiger partial charge in [0.05, 0.1) is 52.1 Å². The molecule has 0 radical (unpaired) electrons. The number of carbonyl (C=O) groups is 1. The van der Waals surface area contributed by atoms with E-state index in [4.69, 9.17) is 14.5 Å². The van der Waals surface area contributed by atoms with E-state index >= 15 is 0 Å². The molecule has 0 saturated carbocycles. The van der Waals surface area contributed by atoms with Crippen molar-refractivity contribution in [2.24, 2.45) is 0 Å². The molecule has 2 aliphatic heterocycles. The van der Waals surface area contributed by atoms with Crippen LogP contribution in [-0.4, -0.2) is 49.8 Å². The van der Waals surface area contributed by atoms with Crippen LogP contribution < -0.4 is 4.74 Å². The first-order valence-electron chi connectivity index (χ1n) is 13.0. The summed E-state index contributed by atoms with van der Waals surface area (Å²) in [7, 11) is 0.